The number of carbonyl (C=O) groups is 1. The standard InChI is InChI=1S/C13H17Cl2NO2/c1-13(2,3)18-12(17)11(16)6-8-4-5-9(14)7-10(8)15/h4-5,7,11H,6,16H2,1-3H3. The van der Waals surface area contributed by atoms with E-state index in [9.17, 15) is 4.79 Å². The van der Waals surface area contributed by atoms with Gasteiger partial charge in [0.1, 0.15) is 11.6 Å². The zero-order chi connectivity index (χ0) is 13.9. The van der Waals surface area contributed by atoms with Gasteiger partial charge in [0.05, 0.1) is 0 Å². The third-order valence-corrected chi connectivity index (χ3v) is 2.75. The molecule has 100 valence electrons. The molecule has 1 unspecified atom stereocenters. The van der Waals surface area contributed by atoms with Gasteiger partial charge < -0.3 is 10.5 Å². The number of benzene rings is 1. The Morgan fingerprint density at radius 3 is 2.50 bits per heavy atom. The van der Waals surface area contributed by atoms with Crippen molar-refractivity contribution in [2.45, 2.75) is 38.8 Å². The molecule has 0 saturated heterocycles. The van der Waals surface area contributed by atoms with Crippen LogP contribution in [0.2, 0.25) is 10.0 Å². The van der Waals surface area contributed by atoms with E-state index in [0.717, 1.165) is 5.56 Å². The highest BCUT2D eigenvalue weighted by molar-refractivity contribution is 6.35. The van der Waals surface area contributed by atoms with Crippen molar-refractivity contribution in [3.63, 3.8) is 0 Å². The number of hydrogen-bond donors (Lipinski definition) is 1. The molecule has 0 radical (unpaired) electrons. The lowest BCUT2D eigenvalue weighted by atomic mass is 10.1. The van der Waals surface area contributed by atoms with Gasteiger partial charge in [-0.3, -0.25) is 4.79 Å². The second-order valence-corrected chi connectivity index (χ2v) is 5.92. The van der Waals surface area contributed by atoms with Crippen molar-refractivity contribution in [2.75, 3.05) is 0 Å². The highest BCUT2D eigenvalue weighted by atomic mass is 35.5. The Labute approximate surface area is 117 Å². The van der Waals surface area contributed by atoms with E-state index in [1.165, 1.54) is 0 Å². The van der Waals surface area contributed by atoms with E-state index >= 15 is 0 Å². The topological polar surface area (TPSA) is 52.3 Å². The lowest BCUT2D eigenvalue weighted by molar-refractivity contribution is -0.156. The summed E-state index contributed by atoms with van der Waals surface area (Å²) < 4.78 is 5.20. The molecule has 2 N–H and O–H groups in total. The van der Waals surface area contributed by atoms with Gasteiger partial charge in [0.15, 0.2) is 0 Å². The molecule has 1 aromatic rings. The highest BCUT2D eigenvalue weighted by Crippen LogP contribution is 2.22. The van der Waals surface area contributed by atoms with Crippen molar-refractivity contribution in [2.24, 2.45) is 5.73 Å². The molecule has 1 rings (SSSR count). The van der Waals surface area contributed by atoms with E-state index in [2.05, 4.69) is 0 Å². The monoisotopic (exact) mass is 289 g/mol. The zero-order valence-electron chi connectivity index (χ0n) is 10.7. The summed E-state index contributed by atoms with van der Waals surface area (Å²) in [5.41, 5.74) is 6.03. The number of ether oxygens (including phenoxy) is 1. The Bertz CT molecular complexity index is 441. The van der Waals surface area contributed by atoms with Crippen LogP contribution in [-0.2, 0) is 16.0 Å². The number of carbonyl (C=O) groups excluding carboxylic acids is 1. The van der Waals surface area contributed by atoms with Gasteiger partial charge >= 0.3 is 5.97 Å². The Kier molecular flexibility index (Phi) is 5.02. The van der Waals surface area contributed by atoms with Gasteiger partial charge in [-0.2, -0.15) is 0 Å². The van der Waals surface area contributed by atoms with Crippen LogP contribution in [0.1, 0.15) is 26.3 Å². The van der Waals surface area contributed by atoms with Crippen LogP contribution in [0.5, 0.6) is 0 Å². The molecule has 0 bridgehead atoms. The third-order valence-electron chi connectivity index (χ3n) is 2.16. The highest BCUT2D eigenvalue weighted by Gasteiger charge is 2.22. The van der Waals surface area contributed by atoms with Crippen LogP contribution < -0.4 is 5.73 Å². The molecular weight excluding hydrogens is 273 g/mol. The minimum Gasteiger partial charge on any atom is -0.459 e. The third kappa shape index (κ3) is 4.84. The normalized spacial score (nSPS) is 13.2. The average molecular weight is 290 g/mol. The van der Waals surface area contributed by atoms with Crippen LogP contribution in [0, 0.1) is 0 Å². The number of rotatable bonds is 3. The molecule has 1 aromatic carbocycles. The van der Waals surface area contributed by atoms with Gasteiger partial charge in [0, 0.05) is 10.0 Å². The quantitative estimate of drug-likeness (QED) is 0.870. The van der Waals surface area contributed by atoms with E-state index in [-0.39, 0.29) is 0 Å². The Hall–Kier alpha value is -0.770. The molecule has 0 saturated carbocycles. The van der Waals surface area contributed by atoms with E-state index < -0.39 is 17.6 Å². The fourth-order valence-corrected chi connectivity index (χ4v) is 1.87. The summed E-state index contributed by atoms with van der Waals surface area (Å²) in [6.07, 6.45) is 0.324. The average Bonchev–Trinajstić information content (AvgIpc) is 2.19. The largest absolute Gasteiger partial charge is 0.459 e. The van der Waals surface area contributed by atoms with Gasteiger partial charge in [0.25, 0.3) is 0 Å². The molecule has 0 aliphatic rings. The van der Waals surface area contributed by atoms with Crippen LogP contribution >= 0.6 is 23.2 Å². The van der Waals surface area contributed by atoms with Crippen LogP contribution in [0.4, 0.5) is 0 Å². The van der Waals surface area contributed by atoms with Crippen molar-refractivity contribution in [3.8, 4) is 0 Å². The van der Waals surface area contributed by atoms with Crippen molar-refractivity contribution in [3.05, 3.63) is 33.8 Å². The van der Waals surface area contributed by atoms with Gasteiger partial charge in [-0.15, -0.1) is 0 Å². The van der Waals surface area contributed by atoms with Crippen molar-refractivity contribution in [1.29, 1.82) is 0 Å². The zero-order valence-corrected chi connectivity index (χ0v) is 12.2. The molecule has 0 fully saturated rings. The molecule has 18 heavy (non-hydrogen) atoms. The van der Waals surface area contributed by atoms with Gasteiger partial charge in [0.2, 0.25) is 0 Å². The number of nitrogens with two attached hydrogens (primary N) is 1. The fourth-order valence-electron chi connectivity index (χ4n) is 1.38. The summed E-state index contributed by atoms with van der Waals surface area (Å²) in [5.74, 6) is -0.437. The second kappa shape index (κ2) is 5.91. The minimum atomic E-state index is -0.733. The van der Waals surface area contributed by atoms with E-state index in [0.29, 0.717) is 16.5 Å². The molecule has 0 heterocycles. The van der Waals surface area contributed by atoms with Gasteiger partial charge in [-0.05, 0) is 44.9 Å². The number of hydrogen-bond acceptors (Lipinski definition) is 3. The summed E-state index contributed by atoms with van der Waals surface area (Å²) >= 11 is 11.8. The van der Waals surface area contributed by atoms with Crippen molar-refractivity contribution < 1.29 is 9.53 Å². The maximum Gasteiger partial charge on any atom is 0.323 e. The lowest BCUT2D eigenvalue weighted by Crippen LogP contribution is -2.38. The molecular formula is C13H17Cl2NO2. The molecule has 0 aliphatic heterocycles. The van der Waals surface area contributed by atoms with Crippen molar-refractivity contribution >= 4 is 29.2 Å². The molecule has 0 aromatic heterocycles. The number of esters is 1. The van der Waals surface area contributed by atoms with Crippen LogP contribution in [-0.4, -0.2) is 17.6 Å². The predicted molar refractivity (Wildman–Crippen MR) is 74.0 cm³/mol. The summed E-state index contributed by atoms with van der Waals surface area (Å²) in [4.78, 5) is 11.7. The summed E-state index contributed by atoms with van der Waals surface area (Å²) in [5, 5.41) is 1.05. The first-order valence-corrected chi connectivity index (χ1v) is 6.37. The first kappa shape index (κ1) is 15.3. The van der Waals surface area contributed by atoms with Crippen LogP contribution in [0.3, 0.4) is 0 Å². The maximum absolute atomic E-state index is 11.7. The Balaban J connectivity index is 2.69. The first-order chi connectivity index (χ1) is 8.19. The molecule has 3 nitrogen and oxygen atoms in total. The van der Waals surface area contributed by atoms with Crippen LogP contribution in [0.25, 0.3) is 0 Å². The molecule has 0 spiro atoms. The summed E-state index contributed by atoms with van der Waals surface area (Å²) in [7, 11) is 0. The first-order valence-electron chi connectivity index (χ1n) is 5.61. The minimum absolute atomic E-state index is 0.324. The van der Waals surface area contributed by atoms with Crippen molar-refractivity contribution in [1.82, 2.24) is 0 Å². The SMILES string of the molecule is CC(C)(C)OC(=O)C(N)Cc1ccc(Cl)cc1Cl. The predicted octanol–water partition coefficient (Wildman–Crippen LogP) is 3.20. The number of halogens is 2. The molecule has 5 heteroatoms. The maximum atomic E-state index is 11.7. The molecule has 0 amide bonds. The van der Waals surface area contributed by atoms with Crippen LogP contribution in [0.15, 0.2) is 18.2 Å². The Morgan fingerprint density at radius 1 is 1.39 bits per heavy atom. The van der Waals surface area contributed by atoms with E-state index in [1.54, 1.807) is 39.0 Å². The van der Waals surface area contributed by atoms with E-state index in [1.807, 2.05) is 0 Å². The summed E-state index contributed by atoms with van der Waals surface area (Å²) in [6, 6.07) is 4.36. The molecule has 1 atom stereocenters. The fraction of sp³-hybridized carbons (Fsp3) is 0.462. The van der Waals surface area contributed by atoms with Gasteiger partial charge in [-0.1, -0.05) is 29.3 Å². The second-order valence-electron chi connectivity index (χ2n) is 5.08. The lowest BCUT2D eigenvalue weighted by Gasteiger charge is -2.22. The smallest absolute Gasteiger partial charge is 0.323 e. The molecule has 0 aliphatic carbocycles. The van der Waals surface area contributed by atoms with E-state index in [4.69, 9.17) is 33.7 Å². The Morgan fingerprint density at radius 2 is 2.00 bits per heavy atom. The summed E-state index contributed by atoms with van der Waals surface area (Å²) in [6.45, 7) is 5.40. The van der Waals surface area contributed by atoms with Gasteiger partial charge in [-0.25, -0.2) is 0 Å².